The first-order chi connectivity index (χ1) is 13.1. The minimum atomic E-state index is -0.214. The molecule has 1 heterocycles. The first-order valence-corrected chi connectivity index (χ1v) is 10.00. The number of nitrogens with zero attached hydrogens (tertiary/aromatic N) is 1. The van der Waals surface area contributed by atoms with E-state index >= 15 is 0 Å². The fourth-order valence-corrected chi connectivity index (χ4v) is 3.34. The summed E-state index contributed by atoms with van der Waals surface area (Å²) in [6.07, 6.45) is 2.81. The van der Waals surface area contributed by atoms with Crippen LogP contribution in [0.2, 0.25) is 0 Å². The molecule has 0 spiro atoms. The van der Waals surface area contributed by atoms with Crippen molar-refractivity contribution in [3.05, 3.63) is 59.7 Å². The zero-order chi connectivity index (χ0) is 19.2. The van der Waals surface area contributed by atoms with Gasteiger partial charge in [0.1, 0.15) is 11.9 Å². The van der Waals surface area contributed by atoms with Gasteiger partial charge in [-0.15, -0.1) is 0 Å². The van der Waals surface area contributed by atoms with Gasteiger partial charge in [-0.3, -0.25) is 4.79 Å². The Bertz CT molecular complexity index is 772. The van der Waals surface area contributed by atoms with Gasteiger partial charge in [0.05, 0.1) is 12.2 Å². The molecule has 0 fully saturated rings. The van der Waals surface area contributed by atoms with Gasteiger partial charge in [0.2, 0.25) is 0 Å². The topological polar surface area (TPSA) is 41.6 Å². The Morgan fingerprint density at radius 1 is 1.11 bits per heavy atom. The molecule has 27 heavy (non-hydrogen) atoms. The normalized spacial score (nSPS) is 16.2. The van der Waals surface area contributed by atoms with Crippen LogP contribution in [0.15, 0.2) is 48.5 Å². The fourth-order valence-electron chi connectivity index (χ4n) is 3.34. The number of fused-ring (bicyclic) bond motifs is 1. The molecule has 4 heteroatoms. The van der Waals surface area contributed by atoms with Crippen LogP contribution in [0.4, 0.5) is 5.69 Å². The molecule has 144 valence electrons. The summed E-state index contributed by atoms with van der Waals surface area (Å²) in [5.41, 5.74) is 2.64. The number of amides is 1. The van der Waals surface area contributed by atoms with E-state index in [1.807, 2.05) is 47.4 Å². The van der Waals surface area contributed by atoms with E-state index in [0.717, 1.165) is 48.4 Å². The smallest absolute Gasteiger partial charge is 0.257 e. The van der Waals surface area contributed by atoms with Crippen LogP contribution in [0.5, 0.6) is 5.75 Å². The highest BCUT2D eigenvalue weighted by Crippen LogP contribution is 2.37. The van der Waals surface area contributed by atoms with E-state index in [-0.39, 0.29) is 12.1 Å². The molecule has 0 aromatic heterocycles. The lowest BCUT2D eigenvalue weighted by Gasteiger charge is -2.38. The van der Waals surface area contributed by atoms with E-state index in [0.29, 0.717) is 12.5 Å². The Morgan fingerprint density at radius 2 is 1.85 bits per heavy atom. The molecule has 1 atom stereocenters. The average Bonchev–Trinajstić information content (AvgIpc) is 2.67. The molecule has 0 bridgehead atoms. The lowest BCUT2D eigenvalue weighted by Crippen LogP contribution is -2.43. The van der Waals surface area contributed by atoms with Gasteiger partial charge in [-0.25, -0.2) is 0 Å². The summed E-state index contributed by atoms with van der Waals surface area (Å²) in [6.45, 7) is 7.94. The van der Waals surface area contributed by atoms with Crippen LogP contribution in [0.3, 0.4) is 0 Å². The second-order valence-electron chi connectivity index (χ2n) is 7.51. The second-order valence-corrected chi connectivity index (χ2v) is 7.51. The molecule has 2 aromatic carbocycles. The molecule has 3 rings (SSSR count). The molecular weight excluding hydrogens is 336 g/mol. The van der Waals surface area contributed by atoms with E-state index in [1.165, 1.54) is 0 Å². The number of hydrogen-bond acceptors (Lipinski definition) is 3. The van der Waals surface area contributed by atoms with E-state index < -0.39 is 0 Å². The molecule has 1 unspecified atom stereocenters. The summed E-state index contributed by atoms with van der Waals surface area (Å²) >= 11 is 0. The highest BCUT2D eigenvalue weighted by atomic mass is 16.5. The Hall–Kier alpha value is -2.49. The van der Waals surface area contributed by atoms with Gasteiger partial charge in [-0.2, -0.15) is 0 Å². The van der Waals surface area contributed by atoms with Gasteiger partial charge < -0.3 is 15.0 Å². The van der Waals surface area contributed by atoms with Crippen LogP contribution >= 0.6 is 0 Å². The van der Waals surface area contributed by atoms with Gasteiger partial charge in [-0.1, -0.05) is 57.5 Å². The minimum absolute atomic E-state index is 0.0831. The van der Waals surface area contributed by atoms with Gasteiger partial charge in [0.15, 0.2) is 0 Å². The number of benzene rings is 2. The summed E-state index contributed by atoms with van der Waals surface area (Å²) in [4.78, 5) is 15.1. The van der Waals surface area contributed by atoms with Crippen molar-refractivity contribution in [1.29, 1.82) is 0 Å². The van der Waals surface area contributed by atoms with Crippen molar-refractivity contribution in [2.24, 2.45) is 5.92 Å². The summed E-state index contributed by atoms with van der Waals surface area (Å²) in [5.74, 6) is 1.53. The molecule has 1 aliphatic rings. The Kier molecular flexibility index (Phi) is 6.38. The van der Waals surface area contributed by atoms with Gasteiger partial charge in [0, 0.05) is 17.8 Å². The SMILES string of the molecule is CCCCN1C(=O)c2ccccc2NC1c1ccccc1OCCC(C)C. The Balaban J connectivity index is 1.92. The molecule has 4 nitrogen and oxygen atoms in total. The molecule has 0 radical (unpaired) electrons. The maximum atomic E-state index is 13.2. The molecule has 0 aliphatic carbocycles. The molecule has 1 aliphatic heterocycles. The zero-order valence-corrected chi connectivity index (χ0v) is 16.6. The van der Waals surface area contributed by atoms with Crippen LogP contribution in [0.25, 0.3) is 0 Å². The quantitative estimate of drug-likeness (QED) is 0.673. The first-order valence-electron chi connectivity index (χ1n) is 10.00. The van der Waals surface area contributed by atoms with Crippen molar-refractivity contribution in [1.82, 2.24) is 4.90 Å². The average molecular weight is 367 g/mol. The van der Waals surface area contributed by atoms with Crippen LogP contribution in [-0.4, -0.2) is 24.0 Å². The number of ether oxygens (including phenoxy) is 1. The lowest BCUT2D eigenvalue weighted by molar-refractivity contribution is 0.0677. The van der Waals surface area contributed by atoms with Gasteiger partial charge in [-0.05, 0) is 37.0 Å². The zero-order valence-electron chi connectivity index (χ0n) is 16.6. The maximum Gasteiger partial charge on any atom is 0.257 e. The largest absolute Gasteiger partial charge is 0.493 e. The van der Waals surface area contributed by atoms with E-state index in [9.17, 15) is 4.79 Å². The number of unbranched alkanes of at least 4 members (excludes halogenated alkanes) is 1. The highest BCUT2D eigenvalue weighted by molar-refractivity contribution is 6.01. The monoisotopic (exact) mass is 366 g/mol. The number of nitrogens with one attached hydrogen (secondary N) is 1. The van der Waals surface area contributed by atoms with E-state index in [2.05, 4.69) is 32.2 Å². The maximum absolute atomic E-state index is 13.2. The number of hydrogen-bond donors (Lipinski definition) is 1. The van der Waals surface area contributed by atoms with Gasteiger partial charge in [0.25, 0.3) is 5.91 Å². The summed E-state index contributed by atoms with van der Waals surface area (Å²) in [7, 11) is 0. The number of carbonyl (C=O) groups excluding carboxylic acids is 1. The van der Waals surface area contributed by atoms with Crippen LogP contribution in [0, 0.1) is 5.92 Å². The van der Waals surface area contributed by atoms with Crippen molar-refractivity contribution in [3.8, 4) is 5.75 Å². The van der Waals surface area contributed by atoms with Crippen LogP contribution < -0.4 is 10.1 Å². The van der Waals surface area contributed by atoms with Crippen molar-refractivity contribution in [2.45, 2.75) is 46.2 Å². The lowest BCUT2D eigenvalue weighted by atomic mass is 10.0. The third-order valence-electron chi connectivity index (χ3n) is 4.94. The van der Waals surface area contributed by atoms with Crippen molar-refractivity contribution >= 4 is 11.6 Å². The number of anilines is 1. The summed E-state index contributed by atoms with van der Waals surface area (Å²) in [6, 6.07) is 15.8. The van der Waals surface area contributed by atoms with Crippen LogP contribution in [-0.2, 0) is 0 Å². The van der Waals surface area contributed by atoms with E-state index in [1.54, 1.807) is 0 Å². The molecule has 1 N–H and O–H groups in total. The van der Waals surface area contributed by atoms with Crippen molar-refractivity contribution < 1.29 is 9.53 Å². The second kappa shape index (κ2) is 8.94. The third-order valence-corrected chi connectivity index (χ3v) is 4.94. The van der Waals surface area contributed by atoms with Crippen molar-refractivity contribution in [2.75, 3.05) is 18.5 Å². The molecule has 2 aromatic rings. The molecule has 0 saturated carbocycles. The highest BCUT2D eigenvalue weighted by Gasteiger charge is 2.33. The first kappa shape index (κ1) is 19.3. The minimum Gasteiger partial charge on any atom is -0.493 e. The Labute approximate surface area is 162 Å². The summed E-state index contributed by atoms with van der Waals surface area (Å²) in [5, 5.41) is 3.57. The standard InChI is InChI=1S/C23H30N2O2/c1-4-5-15-25-22(24-20-12-8-6-10-18(20)23(25)26)19-11-7-9-13-21(19)27-16-14-17(2)3/h6-13,17,22,24H,4-5,14-16H2,1-3H3. The van der Waals surface area contributed by atoms with E-state index in [4.69, 9.17) is 4.74 Å². The molecular formula is C23H30N2O2. The van der Waals surface area contributed by atoms with Gasteiger partial charge >= 0.3 is 0 Å². The summed E-state index contributed by atoms with van der Waals surface area (Å²) < 4.78 is 6.10. The Morgan fingerprint density at radius 3 is 2.63 bits per heavy atom. The van der Waals surface area contributed by atoms with Crippen LogP contribution in [0.1, 0.15) is 62.1 Å². The third kappa shape index (κ3) is 4.44. The number of rotatable bonds is 8. The molecule has 0 saturated heterocycles. The number of carbonyl (C=O) groups is 1. The predicted octanol–water partition coefficient (Wildman–Crippen LogP) is 5.48. The molecule has 1 amide bonds. The number of para-hydroxylation sites is 2. The van der Waals surface area contributed by atoms with Crippen molar-refractivity contribution in [3.63, 3.8) is 0 Å². The predicted molar refractivity (Wildman–Crippen MR) is 110 cm³/mol. The fraction of sp³-hybridized carbons (Fsp3) is 0.435.